The molecule has 1 aromatic rings. The van der Waals surface area contributed by atoms with Gasteiger partial charge in [0.05, 0.1) is 6.61 Å². The molecule has 1 saturated carbocycles. The van der Waals surface area contributed by atoms with Crippen LogP contribution in [0.5, 0.6) is 0 Å². The Morgan fingerprint density at radius 1 is 1.41 bits per heavy atom. The average Bonchev–Trinajstić information content (AvgIpc) is 3.05. The van der Waals surface area contributed by atoms with Crippen LogP contribution in [0.1, 0.15) is 23.3 Å². The molecule has 0 radical (unpaired) electrons. The van der Waals surface area contributed by atoms with Crippen molar-refractivity contribution in [1.29, 1.82) is 0 Å². The van der Waals surface area contributed by atoms with Crippen LogP contribution in [0, 0.1) is 5.41 Å². The Kier molecular flexibility index (Phi) is 2.84. The van der Waals surface area contributed by atoms with Crippen molar-refractivity contribution in [2.24, 2.45) is 5.41 Å². The van der Waals surface area contributed by atoms with Crippen molar-refractivity contribution in [3.05, 3.63) is 32.6 Å². The predicted octanol–water partition coefficient (Wildman–Crippen LogP) is -1.43. The van der Waals surface area contributed by atoms with Crippen LogP contribution >= 0.6 is 0 Å². The minimum absolute atomic E-state index is 0.0270. The topological polar surface area (TPSA) is 115 Å². The van der Waals surface area contributed by atoms with Crippen molar-refractivity contribution in [2.75, 3.05) is 13.2 Å². The van der Waals surface area contributed by atoms with Gasteiger partial charge in [-0.15, -0.1) is 0 Å². The molecule has 0 aromatic carbocycles. The molecule has 2 rings (SSSR count). The van der Waals surface area contributed by atoms with Crippen LogP contribution < -0.4 is 16.6 Å². The van der Waals surface area contributed by atoms with E-state index < -0.39 is 17.2 Å². The average molecular weight is 239 g/mol. The standard InChI is InChI=1S/C10H13N3O4/c14-5-10(1-2-10)4-11-8(16)6-3-7(15)13-9(17)12-6/h3,14H,1-2,4-5H2,(H,11,16)(H2,12,13,15,17). The molecule has 0 bridgehead atoms. The van der Waals surface area contributed by atoms with E-state index in [0.29, 0.717) is 6.54 Å². The van der Waals surface area contributed by atoms with Crippen LogP contribution in [0.4, 0.5) is 0 Å². The number of amides is 1. The zero-order valence-corrected chi connectivity index (χ0v) is 9.08. The Bertz CT molecular complexity index is 513. The fraction of sp³-hybridized carbons (Fsp3) is 0.500. The zero-order valence-electron chi connectivity index (χ0n) is 9.08. The summed E-state index contributed by atoms with van der Waals surface area (Å²) in [5.41, 5.74) is -1.63. The third-order valence-corrected chi connectivity index (χ3v) is 2.92. The SMILES string of the molecule is O=C(NCC1(CO)CC1)c1cc(=O)[nH]c(=O)[nH]1. The molecule has 7 nitrogen and oxygen atoms in total. The molecule has 4 N–H and O–H groups in total. The monoisotopic (exact) mass is 239 g/mol. The summed E-state index contributed by atoms with van der Waals surface area (Å²) in [6, 6.07) is 1.02. The van der Waals surface area contributed by atoms with Crippen molar-refractivity contribution in [2.45, 2.75) is 12.8 Å². The van der Waals surface area contributed by atoms with Crippen molar-refractivity contribution >= 4 is 5.91 Å². The quantitative estimate of drug-likeness (QED) is 0.515. The first-order chi connectivity index (χ1) is 8.04. The summed E-state index contributed by atoms with van der Waals surface area (Å²) in [6.45, 7) is 0.371. The van der Waals surface area contributed by atoms with Crippen molar-refractivity contribution in [1.82, 2.24) is 15.3 Å². The number of carbonyl (C=O) groups excluding carboxylic acids is 1. The van der Waals surface area contributed by atoms with E-state index in [-0.39, 0.29) is 17.7 Å². The van der Waals surface area contributed by atoms with Gasteiger partial charge in [-0.05, 0) is 12.8 Å². The lowest BCUT2D eigenvalue weighted by atomic mass is 10.1. The second kappa shape index (κ2) is 4.17. The van der Waals surface area contributed by atoms with Gasteiger partial charge >= 0.3 is 5.69 Å². The fourth-order valence-electron chi connectivity index (χ4n) is 1.52. The van der Waals surface area contributed by atoms with E-state index in [1.165, 1.54) is 0 Å². The Labute approximate surface area is 95.9 Å². The Balaban J connectivity index is 2.05. The number of rotatable bonds is 4. The molecule has 0 aliphatic heterocycles. The summed E-state index contributed by atoms with van der Waals surface area (Å²) >= 11 is 0. The van der Waals surface area contributed by atoms with Gasteiger partial charge in [0.25, 0.3) is 11.5 Å². The third kappa shape index (κ3) is 2.62. The Morgan fingerprint density at radius 3 is 2.65 bits per heavy atom. The zero-order chi connectivity index (χ0) is 12.5. The van der Waals surface area contributed by atoms with Crippen LogP contribution in [-0.2, 0) is 0 Å². The summed E-state index contributed by atoms with van der Waals surface area (Å²) in [7, 11) is 0. The van der Waals surface area contributed by atoms with E-state index in [9.17, 15) is 14.4 Å². The van der Waals surface area contributed by atoms with Crippen LogP contribution in [0.2, 0.25) is 0 Å². The molecule has 0 spiro atoms. The maximum atomic E-state index is 11.6. The summed E-state index contributed by atoms with van der Waals surface area (Å²) in [6.07, 6.45) is 1.74. The molecule has 92 valence electrons. The maximum absolute atomic E-state index is 11.6. The Hall–Kier alpha value is -1.89. The lowest BCUT2D eigenvalue weighted by Crippen LogP contribution is -2.35. The molecule has 1 aliphatic carbocycles. The predicted molar refractivity (Wildman–Crippen MR) is 58.8 cm³/mol. The van der Waals surface area contributed by atoms with Gasteiger partial charge in [0.15, 0.2) is 0 Å². The highest BCUT2D eigenvalue weighted by Gasteiger charge is 2.42. The molecule has 7 heteroatoms. The lowest BCUT2D eigenvalue weighted by molar-refractivity contribution is 0.0929. The van der Waals surface area contributed by atoms with Gasteiger partial charge in [0.2, 0.25) is 0 Å². The number of H-pyrrole nitrogens is 2. The van der Waals surface area contributed by atoms with Crippen LogP contribution in [0.15, 0.2) is 15.7 Å². The van der Waals surface area contributed by atoms with Gasteiger partial charge in [-0.2, -0.15) is 0 Å². The minimum Gasteiger partial charge on any atom is -0.396 e. The molecular formula is C10H13N3O4. The van der Waals surface area contributed by atoms with Crippen molar-refractivity contribution in [3.8, 4) is 0 Å². The summed E-state index contributed by atoms with van der Waals surface area (Å²) in [4.78, 5) is 37.8. The minimum atomic E-state index is -0.717. The van der Waals surface area contributed by atoms with E-state index in [1.807, 2.05) is 4.98 Å². The highest BCUT2D eigenvalue weighted by molar-refractivity contribution is 5.92. The molecule has 1 aliphatic rings. The van der Waals surface area contributed by atoms with E-state index in [0.717, 1.165) is 18.9 Å². The number of aliphatic hydroxyl groups excluding tert-OH is 1. The molecule has 0 unspecified atom stereocenters. The second-order valence-electron chi connectivity index (χ2n) is 4.34. The van der Waals surface area contributed by atoms with Gasteiger partial charge in [-0.3, -0.25) is 14.6 Å². The number of aromatic amines is 2. The van der Waals surface area contributed by atoms with E-state index in [2.05, 4.69) is 10.3 Å². The van der Waals surface area contributed by atoms with Gasteiger partial charge in [-0.1, -0.05) is 0 Å². The van der Waals surface area contributed by atoms with E-state index in [4.69, 9.17) is 5.11 Å². The largest absolute Gasteiger partial charge is 0.396 e. The van der Waals surface area contributed by atoms with Gasteiger partial charge in [0.1, 0.15) is 5.69 Å². The number of hydrogen-bond donors (Lipinski definition) is 4. The number of aromatic nitrogens is 2. The molecule has 1 fully saturated rings. The van der Waals surface area contributed by atoms with Gasteiger partial charge < -0.3 is 15.4 Å². The third-order valence-electron chi connectivity index (χ3n) is 2.92. The fourth-order valence-corrected chi connectivity index (χ4v) is 1.52. The maximum Gasteiger partial charge on any atom is 0.326 e. The molecule has 0 atom stereocenters. The number of aliphatic hydroxyl groups is 1. The highest BCUT2D eigenvalue weighted by atomic mass is 16.3. The molecule has 1 aromatic heterocycles. The Morgan fingerprint density at radius 2 is 2.12 bits per heavy atom. The molecule has 0 saturated heterocycles. The normalized spacial score (nSPS) is 16.5. The smallest absolute Gasteiger partial charge is 0.326 e. The molecule has 17 heavy (non-hydrogen) atoms. The molecule has 1 amide bonds. The van der Waals surface area contributed by atoms with Gasteiger partial charge in [-0.25, -0.2) is 4.79 Å². The number of hydrogen-bond acceptors (Lipinski definition) is 4. The second-order valence-corrected chi connectivity index (χ2v) is 4.34. The summed E-state index contributed by atoms with van der Waals surface area (Å²) in [5, 5.41) is 11.6. The van der Waals surface area contributed by atoms with E-state index in [1.54, 1.807) is 0 Å². The highest BCUT2D eigenvalue weighted by Crippen LogP contribution is 2.44. The molecular weight excluding hydrogens is 226 g/mol. The van der Waals surface area contributed by atoms with Crippen LogP contribution in [0.25, 0.3) is 0 Å². The first-order valence-corrected chi connectivity index (χ1v) is 5.27. The molecule has 1 heterocycles. The van der Waals surface area contributed by atoms with Crippen LogP contribution in [0.3, 0.4) is 0 Å². The number of nitrogens with one attached hydrogen (secondary N) is 3. The summed E-state index contributed by atoms with van der Waals surface area (Å²) in [5.74, 6) is -0.520. The van der Waals surface area contributed by atoms with Crippen LogP contribution in [-0.4, -0.2) is 34.1 Å². The first-order valence-electron chi connectivity index (χ1n) is 5.27. The number of carbonyl (C=O) groups is 1. The van der Waals surface area contributed by atoms with Crippen molar-refractivity contribution in [3.63, 3.8) is 0 Å². The van der Waals surface area contributed by atoms with Gasteiger partial charge in [0, 0.05) is 18.0 Å². The van der Waals surface area contributed by atoms with Crippen molar-refractivity contribution < 1.29 is 9.90 Å². The summed E-state index contributed by atoms with van der Waals surface area (Å²) < 4.78 is 0. The first kappa shape index (κ1) is 11.6. The van der Waals surface area contributed by atoms with E-state index >= 15 is 0 Å². The lowest BCUT2D eigenvalue weighted by Gasteiger charge is -2.12.